The number of allylic oxidation sites excluding steroid dienone is 4. The van der Waals surface area contributed by atoms with Crippen molar-refractivity contribution < 1.29 is 42.8 Å². The van der Waals surface area contributed by atoms with Crippen LogP contribution in [0.4, 0.5) is 4.79 Å². The standard InChI is InChI=1S/C56H97NO9/c1-7-12-15-18-21-22-23-24-25-26-27-28-29-30-33-36-53(58)63-46-50-41-51(43-52(42-50)48-66-56(60)65-45-49(10-4)44-57(6)11-5)47-64-54(59)37-38-55(61-39-34-31-19-16-13-8-2)62-40-35-32-20-17-14-9-3/h21-22,24-25,41-43,49,55H,7-20,23,26-40,44-48H2,1-6H3/b22-21-,25-24-. The minimum absolute atomic E-state index is 0.0229. The zero-order chi connectivity index (χ0) is 48.1. The van der Waals surface area contributed by atoms with Gasteiger partial charge in [-0.1, -0.05) is 155 Å². The van der Waals surface area contributed by atoms with Crippen molar-refractivity contribution in [2.45, 2.75) is 234 Å². The predicted octanol–water partition coefficient (Wildman–Crippen LogP) is 15.1. The molecule has 10 nitrogen and oxygen atoms in total. The molecule has 0 aromatic heterocycles. The first kappa shape index (κ1) is 60.8. The van der Waals surface area contributed by atoms with Crippen LogP contribution < -0.4 is 0 Å². The van der Waals surface area contributed by atoms with Crippen molar-refractivity contribution in [2.24, 2.45) is 5.92 Å². The van der Waals surface area contributed by atoms with Crippen LogP contribution in [0.2, 0.25) is 0 Å². The van der Waals surface area contributed by atoms with Crippen molar-refractivity contribution in [3.8, 4) is 0 Å². The number of hydrogen-bond acceptors (Lipinski definition) is 10. The summed E-state index contributed by atoms with van der Waals surface area (Å²) in [6.45, 7) is 14.2. The number of ether oxygens (including phenoxy) is 6. The molecule has 0 saturated carbocycles. The van der Waals surface area contributed by atoms with Gasteiger partial charge in [-0.15, -0.1) is 0 Å². The van der Waals surface area contributed by atoms with Crippen LogP contribution in [-0.2, 0) is 57.8 Å². The van der Waals surface area contributed by atoms with Crippen LogP contribution in [0.1, 0.15) is 225 Å². The van der Waals surface area contributed by atoms with Crippen molar-refractivity contribution in [2.75, 3.05) is 40.0 Å². The molecule has 0 saturated heterocycles. The van der Waals surface area contributed by atoms with Gasteiger partial charge in [-0.2, -0.15) is 0 Å². The molecule has 0 aliphatic rings. The van der Waals surface area contributed by atoms with Gasteiger partial charge in [0.15, 0.2) is 6.29 Å². The molecule has 0 spiro atoms. The van der Waals surface area contributed by atoms with Crippen molar-refractivity contribution in [3.05, 3.63) is 59.2 Å². The number of unbranched alkanes of at least 4 members (excludes halogenated alkanes) is 18. The average molecular weight is 928 g/mol. The maximum absolute atomic E-state index is 13.1. The third-order valence-electron chi connectivity index (χ3n) is 11.9. The predicted molar refractivity (Wildman–Crippen MR) is 270 cm³/mol. The third-order valence-corrected chi connectivity index (χ3v) is 11.9. The van der Waals surface area contributed by atoms with E-state index in [4.69, 9.17) is 28.4 Å². The topological polar surface area (TPSA) is 110 Å². The lowest BCUT2D eigenvalue weighted by Crippen LogP contribution is -2.28. The number of hydrogen-bond donors (Lipinski definition) is 0. The van der Waals surface area contributed by atoms with Gasteiger partial charge in [0.25, 0.3) is 0 Å². The minimum Gasteiger partial charge on any atom is -0.461 e. The first-order valence-corrected chi connectivity index (χ1v) is 26.7. The lowest BCUT2D eigenvalue weighted by atomic mass is 10.1. The molecule has 10 heteroatoms. The molecular formula is C56H97NO9. The molecule has 380 valence electrons. The lowest BCUT2D eigenvalue weighted by Gasteiger charge is -2.21. The van der Waals surface area contributed by atoms with Gasteiger partial charge in [0, 0.05) is 38.5 Å². The average Bonchev–Trinajstić information content (AvgIpc) is 3.32. The third kappa shape index (κ3) is 36.9. The molecule has 1 aromatic rings. The first-order chi connectivity index (χ1) is 32.2. The Morgan fingerprint density at radius 3 is 1.52 bits per heavy atom. The Morgan fingerprint density at radius 2 is 0.985 bits per heavy atom. The van der Waals surface area contributed by atoms with E-state index in [1.807, 2.05) is 25.2 Å². The van der Waals surface area contributed by atoms with Gasteiger partial charge in [-0.3, -0.25) is 9.59 Å². The summed E-state index contributed by atoms with van der Waals surface area (Å²) in [6, 6.07) is 5.56. The maximum atomic E-state index is 13.1. The molecule has 0 N–H and O–H groups in total. The number of nitrogens with zero attached hydrogens (tertiary/aromatic N) is 1. The number of rotatable bonds is 45. The van der Waals surface area contributed by atoms with E-state index >= 15 is 0 Å². The van der Waals surface area contributed by atoms with Gasteiger partial charge in [-0.05, 0) is 106 Å². The van der Waals surface area contributed by atoms with Gasteiger partial charge in [0.2, 0.25) is 0 Å². The van der Waals surface area contributed by atoms with Gasteiger partial charge in [0.1, 0.15) is 19.8 Å². The summed E-state index contributed by atoms with van der Waals surface area (Å²) in [5, 5.41) is 0. The summed E-state index contributed by atoms with van der Waals surface area (Å²) in [7, 11) is 2.05. The summed E-state index contributed by atoms with van der Waals surface area (Å²) in [6.07, 6.45) is 36.2. The quantitative estimate of drug-likeness (QED) is 0.0206. The van der Waals surface area contributed by atoms with E-state index in [0.29, 0.717) is 37.2 Å². The van der Waals surface area contributed by atoms with Crippen LogP contribution in [-0.4, -0.2) is 69.2 Å². The first-order valence-electron chi connectivity index (χ1n) is 26.7. The smallest absolute Gasteiger partial charge is 0.461 e. The summed E-state index contributed by atoms with van der Waals surface area (Å²) in [5.74, 6) is -0.383. The zero-order valence-electron chi connectivity index (χ0n) is 43.1. The molecule has 0 aliphatic carbocycles. The summed E-state index contributed by atoms with van der Waals surface area (Å²) < 4.78 is 34.7. The van der Waals surface area contributed by atoms with Crippen molar-refractivity contribution in [3.63, 3.8) is 0 Å². The Labute approximate surface area is 403 Å². The fourth-order valence-corrected chi connectivity index (χ4v) is 7.53. The molecule has 0 radical (unpaired) electrons. The maximum Gasteiger partial charge on any atom is 0.508 e. The molecule has 0 amide bonds. The Bertz CT molecular complexity index is 1360. The highest BCUT2D eigenvalue weighted by Gasteiger charge is 2.16. The number of benzene rings is 1. The Morgan fingerprint density at radius 1 is 0.530 bits per heavy atom. The second-order valence-corrected chi connectivity index (χ2v) is 18.2. The largest absolute Gasteiger partial charge is 0.508 e. The molecule has 66 heavy (non-hydrogen) atoms. The second-order valence-electron chi connectivity index (χ2n) is 18.2. The van der Waals surface area contributed by atoms with Crippen LogP contribution in [0, 0.1) is 5.92 Å². The molecule has 1 rings (SSSR count). The molecule has 0 aliphatic heterocycles. The highest BCUT2D eigenvalue weighted by atomic mass is 16.7. The SMILES string of the molecule is CCCCC/C=C\C/C=C\CCCCCCCC(=O)OCc1cc(COC(=O)CCC(OCCCCCCCC)OCCCCCCCC)cc(COC(=O)OCC(CC)CN(C)CC)c1. The minimum atomic E-state index is -0.734. The number of esters is 2. The Hall–Kier alpha value is -3.21. The summed E-state index contributed by atoms with van der Waals surface area (Å²) in [4.78, 5) is 40.7. The Balaban J connectivity index is 2.75. The number of carbonyl (C=O) groups excluding carboxylic acids is 3. The van der Waals surface area contributed by atoms with Crippen molar-refractivity contribution in [1.29, 1.82) is 0 Å². The van der Waals surface area contributed by atoms with E-state index in [0.717, 1.165) is 95.7 Å². The van der Waals surface area contributed by atoms with Gasteiger partial charge in [-0.25, -0.2) is 4.79 Å². The van der Waals surface area contributed by atoms with Crippen molar-refractivity contribution >= 4 is 18.1 Å². The second kappa shape index (κ2) is 44.3. The van der Waals surface area contributed by atoms with Crippen LogP contribution in [0.25, 0.3) is 0 Å². The monoisotopic (exact) mass is 928 g/mol. The van der Waals surface area contributed by atoms with Crippen molar-refractivity contribution in [1.82, 2.24) is 4.90 Å². The zero-order valence-corrected chi connectivity index (χ0v) is 43.1. The molecular weight excluding hydrogens is 831 g/mol. The van der Waals surface area contributed by atoms with E-state index in [9.17, 15) is 14.4 Å². The molecule has 0 fully saturated rings. The summed E-state index contributed by atoms with van der Waals surface area (Å²) >= 11 is 0. The molecule has 1 atom stereocenters. The molecule has 0 heterocycles. The normalized spacial score (nSPS) is 12.2. The van der Waals surface area contributed by atoms with Gasteiger partial charge < -0.3 is 33.3 Å². The van der Waals surface area contributed by atoms with Crippen LogP contribution in [0.3, 0.4) is 0 Å². The van der Waals surface area contributed by atoms with Crippen LogP contribution in [0.15, 0.2) is 42.5 Å². The highest BCUT2D eigenvalue weighted by molar-refractivity contribution is 5.69. The van der Waals surface area contributed by atoms with E-state index in [1.54, 1.807) is 0 Å². The fraction of sp³-hybridized carbons (Fsp3) is 0.768. The van der Waals surface area contributed by atoms with Gasteiger partial charge >= 0.3 is 18.1 Å². The number of carbonyl (C=O) groups is 3. The van der Waals surface area contributed by atoms with Gasteiger partial charge in [0.05, 0.1) is 13.0 Å². The fourth-order valence-electron chi connectivity index (χ4n) is 7.53. The summed E-state index contributed by atoms with van der Waals surface area (Å²) in [5.41, 5.74) is 2.12. The van der Waals surface area contributed by atoms with E-state index in [-0.39, 0.29) is 50.7 Å². The van der Waals surface area contributed by atoms with Crippen LogP contribution >= 0.6 is 0 Å². The Kier molecular flexibility index (Phi) is 40.8. The van der Waals surface area contributed by atoms with Crippen LogP contribution in [0.5, 0.6) is 0 Å². The molecule has 1 unspecified atom stereocenters. The lowest BCUT2D eigenvalue weighted by molar-refractivity contribution is -0.160. The molecule has 1 aromatic carbocycles. The van der Waals surface area contributed by atoms with E-state index in [1.165, 1.54) is 77.0 Å². The van der Waals surface area contributed by atoms with E-state index in [2.05, 4.69) is 63.8 Å². The highest BCUT2D eigenvalue weighted by Crippen LogP contribution is 2.18. The van der Waals surface area contributed by atoms with E-state index < -0.39 is 12.4 Å². The molecule has 0 bridgehead atoms.